The molecule has 6 heterocycles. The number of aromatic amines is 2. The van der Waals surface area contributed by atoms with E-state index in [1.165, 1.54) is 12.0 Å². The van der Waals surface area contributed by atoms with Crippen molar-refractivity contribution in [3.63, 3.8) is 0 Å². The van der Waals surface area contributed by atoms with Gasteiger partial charge in [0.2, 0.25) is 0 Å². The number of nitrogens with one attached hydrogen (secondary N) is 2. The zero-order valence-electron chi connectivity index (χ0n) is 30.8. The van der Waals surface area contributed by atoms with Crippen LogP contribution in [0.2, 0.25) is 0 Å². The molecule has 0 radical (unpaired) electrons. The second-order valence-corrected chi connectivity index (χ2v) is 13.8. The lowest BCUT2D eigenvalue weighted by Gasteiger charge is -2.27. The predicted octanol–water partition coefficient (Wildman–Crippen LogP) is 8.28. The highest BCUT2D eigenvalue weighted by atomic mass is 16.5. The summed E-state index contributed by atoms with van der Waals surface area (Å²) in [6.45, 7) is 17.4. The van der Waals surface area contributed by atoms with E-state index in [-0.39, 0.29) is 42.1 Å². The summed E-state index contributed by atoms with van der Waals surface area (Å²) in [6, 6.07) is 6.13. The second-order valence-electron chi connectivity index (χ2n) is 13.8. The van der Waals surface area contributed by atoms with Gasteiger partial charge in [-0.1, -0.05) is 27.7 Å². The summed E-state index contributed by atoms with van der Waals surface area (Å²) < 4.78 is 11.3. The monoisotopic (exact) mass is 679 g/mol. The van der Waals surface area contributed by atoms with Crippen LogP contribution in [-0.4, -0.2) is 69.0 Å². The SMILES string of the molecule is CCCOC(C)C1=C(C)c2cc3[nH]c(c4c5[nH]c(cc6nc(cc1n2)C(C)=C6CC)c(C)c5C(=O)N(CCC)C4=O)[C@@H](CCC(=O)OC)[C@@H]3C. The fourth-order valence-corrected chi connectivity index (χ4v) is 7.86. The van der Waals surface area contributed by atoms with Crippen LogP contribution in [0, 0.1) is 6.92 Å². The first kappa shape index (κ1) is 35.3. The number of nitrogens with zero attached hydrogens (tertiary/aromatic N) is 3. The normalized spacial score (nSPS) is 18.6. The molecule has 0 saturated heterocycles. The maximum absolute atomic E-state index is 14.5. The predicted molar refractivity (Wildman–Crippen MR) is 196 cm³/mol. The largest absolute Gasteiger partial charge is 0.469 e. The summed E-state index contributed by atoms with van der Waals surface area (Å²) in [4.78, 5) is 59.8. The maximum atomic E-state index is 14.5. The van der Waals surface area contributed by atoms with Crippen molar-refractivity contribution in [2.24, 2.45) is 0 Å². The van der Waals surface area contributed by atoms with Crippen LogP contribution in [0.3, 0.4) is 0 Å². The zero-order valence-corrected chi connectivity index (χ0v) is 30.8. The Balaban J connectivity index is 1.76. The van der Waals surface area contributed by atoms with Crippen LogP contribution >= 0.6 is 0 Å². The van der Waals surface area contributed by atoms with Crippen molar-refractivity contribution in [2.45, 2.75) is 105 Å². The van der Waals surface area contributed by atoms with Gasteiger partial charge in [0.05, 0.1) is 52.6 Å². The smallest absolute Gasteiger partial charge is 0.305 e. The molecule has 1 unspecified atom stereocenters. The molecule has 50 heavy (non-hydrogen) atoms. The van der Waals surface area contributed by atoms with E-state index >= 15 is 0 Å². The lowest BCUT2D eigenvalue weighted by molar-refractivity contribution is -0.140. The molecule has 0 spiro atoms. The Labute approximate surface area is 294 Å². The molecule has 4 aliphatic rings. The van der Waals surface area contributed by atoms with E-state index in [1.807, 2.05) is 19.9 Å². The number of ether oxygens (including phenoxy) is 2. The van der Waals surface area contributed by atoms with Gasteiger partial charge in [0.1, 0.15) is 0 Å². The van der Waals surface area contributed by atoms with Crippen LogP contribution in [0.25, 0.3) is 33.3 Å². The number of esters is 1. The molecule has 10 heteroatoms. The van der Waals surface area contributed by atoms with Gasteiger partial charge in [-0.25, -0.2) is 9.97 Å². The number of rotatable bonds is 10. The van der Waals surface area contributed by atoms with Crippen LogP contribution in [0.5, 0.6) is 0 Å². The molecule has 8 bridgehead atoms. The van der Waals surface area contributed by atoms with Gasteiger partial charge in [-0.3, -0.25) is 19.3 Å². The first-order valence-electron chi connectivity index (χ1n) is 18.0. The third-order valence-electron chi connectivity index (χ3n) is 10.7. The first-order chi connectivity index (χ1) is 23.9. The van der Waals surface area contributed by atoms with Crippen molar-refractivity contribution in [3.05, 3.63) is 69.1 Å². The number of carbonyl (C=O) groups is 3. The standard InChI is InChI=1S/C40H49N5O5/c1-10-15-45-39(47)35-23(7)30-18-31-25(12-3)20(4)27(41-31)19-32-34(24(8)50-16-11-2)22(6)29(42-32)17-28-21(5)26(13-14-33(46)49-9)37(43-28)36(40(45)48)38(35)44-30/h17-19,21,24,26,43-44H,10-16H2,1-9H3/t21-,24?,26-/m0/s1. The second kappa shape index (κ2) is 14.0. The minimum Gasteiger partial charge on any atom is -0.469 e. The maximum Gasteiger partial charge on any atom is 0.305 e. The number of aromatic nitrogens is 4. The molecule has 0 saturated carbocycles. The molecule has 0 aromatic carbocycles. The quantitative estimate of drug-likeness (QED) is 0.191. The van der Waals surface area contributed by atoms with Gasteiger partial charge < -0.3 is 19.4 Å². The molecule has 0 fully saturated rings. The fourth-order valence-electron chi connectivity index (χ4n) is 7.86. The van der Waals surface area contributed by atoms with Crippen molar-refractivity contribution in [2.75, 3.05) is 20.3 Å². The van der Waals surface area contributed by atoms with E-state index in [0.29, 0.717) is 48.3 Å². The van der Waals surface area contributed by atoms with E-state index in [1.54, 1.807) is 0 Å². The van der Waals surface area contributed by atoms with Gasteiger partial charge in [-0.05, 0) is 93.9 Å². The van der Waals surface area contributed by atoms with Crippen molar-refractivity contribution >= 4 is 51.1 Å². The lowest BCUT2D eigenvalue weighted by atomic mass is 9.84. The summed E-state index contributed by atoms with van der Waals surface area (Å²) in [5.41, 5.74) is 12.0. The van der Waals surface area contributed by atoms with Gasteiger partial charge in [0, 0.05) is 53.9 Å². The summed E-state index contributed by atoms with van der Waals surface area (Å²) in [5.74, 6) is -1.28. The molecular formula is C40H49N5O5. The number of imide groups is 1. The number of allylic oxidation sites excluding steroid dienone is 3. The molecule has 2 aromatic rings. The van der Waals surface area contributed by atoms with Gasteiger partial charge in [0.15, 0.2) is 0 Å². The Bertz CT molecular complexity index is 2030. The van der Waals surface area contributed by atoms with Crippen LogP contribution < -0.4 is 0 Å². The van der Waals surface area contributed by atoms with E-state index in [2.05, 4.69) is 63.6 Å². The Morgan fingerprint density at radius 2 is 1.62 bits per heavy atom. The van der Waals surface area contributed by atoms with Gasteiger partial charge >= 0.3 is 5.97 Å². The van der Waals surface area contributed by atoms with Crippen molar-refractivity contribution in [1.29, 1.82) is 0 Å². The minimum absolute atomic E-state index is 0.0950. The fraction of sp³-hybridized carbons (Fsp3) is 0.475. The Kier molecular flexibility index (Phi) is 9.86. The molecule has 4 aliphatic heterocycles. The van der Waals surface area contributed by atoms with Crippen molar-refractivity contribution in [1.82, 2.24) is 24.8 Å². The molecule has 6 rings (SSSR count). The molecular weight excluding hydrogens is 630 g/mol. The Morgan fingerprint density at radius 1 is 0.920 bits per heavy atom. The van der Waals surface area contributed by atoms with E-state index in [4.69, 9.17) is 19.4 Å². The number of hydrogen-bond acceptors (Lipinski definition) is 7. The van der Waals surface area contributed by atoms with Gasteiger partial charge in [0.25, 0.3) is 11.8 Å². The number of aryl methyl sites for hydroxylation is 1. The minimum atomic E-state index is -0.347. The summed E-state index contributed by atoms with van der Waals surface area (Å²) >= 11 is 0. The number of carbonyl (C=O) groups excluding carboxylic acids is 3. The van der Waals surface area contributed by atoms with E-state index in [9.17, 15) is 14.4 Å². The highest BCUT2D eigenvalue weighted by Gasteiger charge is 2.40. The molecule has 2 aromatic heterocycles. The number of methoxy groups -OCH3 is 1. The Hall–Kier alpha value is -4.57. The summed E-state index contributed by atoms with van der Waals surface area (Å²) in [6.07, 6.45) is 2.76. The molecule has 264 valence electrons. The Morgan fingerprint density at radius 3 is 2.30 bits per heavy atom. The third-order valence-corrected chi connectivity index (χ3v) is 10.7. The van der Waals surface area contributed by atoms with Crippen LogP contribution in [0.4, 0.5) is 0 Å². The summed E-state index contributed by atoms with van der Waals surface area (Å²) in [5, 5.41) is 0. The first-order valence-corrected chi connectivity index (χ1v) is 18.0. The average Bonchev–Trinajstić information content (AvgIpc) is 3.77. The number of H-pyrrole nitrogens is 2. The molecule has 3 atom stereocenters. The van der Waals surface area contributed by atoms with Gasteiger partial charge in [-0.2, -0.15) is 0 Å². The number of hydrogen-bond donors (Lipinski definition) is 2. The highest BCUT2D eigenvalue weighted by Crippen LogP contribution is 2.45. The molecule has 10 nitrogen and oxygen atoms in total. The van der Waals surface area contributed by atoms with Crippen molar-refractivity contribution in [3.8, 4) is 0 Å². The zero-order chi connectivity index (χ0) is 36.0. The van der Waals surface area contributed by atoms with Crippen LogP contribution in [0.15, 0.2) is 18.2 Å². The topological polar surface area (TPSA) is 130 Å². The summed E-state index contributed by atoms with van der Waals surface area (Å²) in [7, 11) is 1.39. The highest BCUT2D eigenvalue weighted by molar-refractivity contribution is 6.23. The van der Waals surface area contributed by atoms with Crippen LogP contribution in [0.1, 0.15) is 153 Å². The number of fused-ring (bicyclic) bond motifs is 8. The van der Waals surface area contributed by atoms with E-state index < -0.39 is 0 Å². The van der Waals surface area contributed by atoms with E-state index in [0.717, 1.165) is 74.7 Å². The third kappa shape index (κ3) is 5.87. The van der Waals surface area contributed by atoms with Gasteiger partial charge in [-0.15, -0.1) is 0 Å². The molecule has 0 aliphatic carbocycles. The van der Waals surface area contributed by atoms with Crippen molar-refractivity contribution < 1.29 is 23.9 Å². The average molecular weight is 680 g/mol. The lowest BCUT2D eigenvalue weighted by Crippen LogP contribution is -2.41. The molecule has 2 N–H and O–H groups in total. The van der Waals surface area contributed by atoms with Crippen LogP contribution in [-0.2, 0) is 14.3 Å². The molecule has 2 amide bonds. The number of amides is 2.